The van der Waals surface area contributed by atoms with Crippen molar-refractivity contribution in [3.05, 3.63) is 82.8 Å². The second-order valence-electron chi connectivity index (χ2n) is 5.41. The molecule has 2 N–H and O–H groups in total. The van der Waals surface area contributed by atoms with Crippen LogP contribution in [0, 0.1) is 11.3 Å². The zero-order valence-corrected chi connectivity index (χ0v) is 14.4. The van der Waals surface area contributed by atoms with E-state index in [1.54, 1.807) is 24.3 Å². The van der Waals surface area contributed by atoms with Gasteiger partial charge in [0.2, 0.25) is 0 Å². The third-order valence-electron chi connectivity index (χ3n) is 3.52. The van der Waals surface area contributed by atoms with E-state index in [4.69, 9.17) is 16.9 Å². The maximum atomic E-state index is 12.2. The molecule has 7 heteroatoms. The highest BCUT2D eigenvalue weighted by atomic mass is 35.5. The number of benzene rings is 2. The highest BCUT2D eigenvalue weighted by Gasteiger charge is 2.09. The standard InChI is InChI=1S/C19H14ClN5O/c20-15-6-4-13(5-7-15)10-23-18-12-22-17(11-24-18)19(26)25-16-3-1-2-14(8-16)9-21/h1-8,11-12H,10H2,(H,23,24)(H,25,26). The van der Waals surface area contributed by atoms with Crippen LogP contribution in [-0.4, -0.2) is 15.9 Å². The molecule has 3 aromatic rings. The fraction of sp³-hybridized carbons (Fsp3) is 0.0526. The van der Waals surface area contributed by atoms with Gasteiger partial charge in [-0.1, -0.05) is 29.8 Å². The minimum atomic E-state index is -0.392. The Morgan fingerprint density at radius 2 is 1.92 bits per heavy atom. The number of anilines is 2. The van der Waals surface area contributed by atoms with E-state index < -0.39 is 5.91 Å². The third kappa shape index (κ3) is 4.56. The molecule has 3 rings (SSSR count). The number of halogens is 1. The SMILES string of the molecule is N#Cc1cccc(NC(=O)c2cnc(NCc3ccc(Cl)cc3)cn2)c1. The van der Waals surface area contributed by atoms with E-state index >= 15 is 0 Å². The molecule has 0 unspecified atom stereocenters. The monoisotopic (exact) mass is 363 g/mol. The molecule has 0 fully saturated rings. The van der Waals surface area contributed by atoms with Crippen molar-refractivity contribution >= 4 is 29.0 Å². The first-order valence-corrected chi connectivity index (χ1v) is 8.14. The first-order chi connectivity index (χ1) is 12.6. The van der Waals surface area contributed by atoms with E-state index in [1.165, 1.54) is 12.4 Å². The molecule has 2 aromatic carbocycles. The summed E-state index contributed by atoms with van der Waals surface area (Å²) in [5.41, 5.74) is 2.23. The topological polar surface area (TPSA) is 90.7 Å². The van der Waals surface area contributed by atoms with Gasteiger partial charge >= 0.3 is 0 Å². The van der Waals surface area contributed by atoms with Crippen LogP contribution in [0.5, 0.6) is 0 Å². The maximum Gasteiger partial charge on any atom is 0.275 e. The number of hydrogen-bond donors (Lipinski definition) is 2. The molecule has 1 heterocycles. The lowest BCUT2D eigenvalue weighted by molar-refractivity contribution is 0.102. The zero-order valence-electron chi connectivity index (χ0n) is 13.6. The minimum absolute atomic E-state index is 0.185. The van der Waals surface area contributed by atoms with Gasteiger partial charge in [0.1, 0.15) is 11.5 Å². The number of hydrogen-bond acceptors (Lipinski definition) is 5. The van der Waals surface area contributed by atoms with Crippen molar-refractivity contribution < 1.29 is 4.79 Å². The first-order valence-electron chi connectivity index (χ1n) is 7.76. The van der Waals surface area contributed by atoms with Crippen LogP contribution in [0.4, 0.5) is 11.5 Å². The van der Waals surface area contributed by atoms with E-state index in [9.17, 15) is 4.79 Å². The Bertz CT molecular complexity index is 949. The molecule has 128 valence electrons. The van der Waals surface area contributed by atoms with E-state index in [0.29, 0.717) is 28.6 Å². The van der Waals surface area contributed by atoms with Crippen LogP contribution in [0.2, 0.25) is 5.02 Å². The van der Waals surface area contributed by atoms with Crippen LogP contribution in [0.3, 0.4) is 0 Å². The summed E-state index contributed by atoms with van der Waals surface area (Å²) < 4.78 is 0. The van der Waals surface area contributed by atoms with Crippen molar-refractivity contribution in [3.8, 4) is 6.07 Å². The fourth-order valence-corrected chi connectivity index (χ4v) is 2.32. The van der Waals surface area contributed by atoms with Crippen molar-refractivity contribution in [1.29, 1.82) is 5.26 Å². The number of nitrogens with zero attached hydrogens (tertiary/aromatic N) is 3. The summed E-state index contributed by atoms with van der Waals surface area (Å²) in [7, 11) is 0. The first kappa shape index (κ1) is 17.4. The van der Waals surface area contributed by atoms with Gasteiger partial charge in [-0.05, 0) is 35.9 Å². The van der Waals surface area contributed by atoms with Crippen LogP contribution in [0.15, 0.2) is 60.9 Å². The average molecular weight is 364 g/mol. The Balaban J connectivity index is 1.60. The van der Waals surface area contributed by atoms with Gasteiger partial charge in [-0.2, -0.15) is 5.26 Å². The molecule has 1 amide bonds. The van der Waals surface area contributed by atoms with Crippen molar-refractivity contribution in [2.45, 2.75) is 6.54 Å². The molecule has 26 heavy (non-hydrogen) atoms. The smallest absolute Gasteiger partial charge is 0.275 e. The van der Waals surface area contributed by atoms with Gasteiger partial charge in [0.25, 0.3) is 5.91 Å². The number of amides is 1. The third-order valence-corrected chi connectivity index (χ3v) is 3.77. The molecule has 0 saturated heterocycles. The Labute approximate surface area is 155 Å². The summed E-state index contributed by atoms with van der Waals surface area (Å²) in [6.07, 6.45) is 2.89. The Morgan fingerprint density at radius 1 is 1.12 bits per heavy atom. The van der Waals surface area contributed by atoms with Crippen molar-refractivity contribution in [3.63, 3.8) is 0 Å². The van der Waals surface area contributed by atoms with Crippen LogP contribution in [0.25, 0.3) is 0 Å². The molecule has 6 nitrogen and oxygen atoms in total. The predicted octanol–water partition coefficient (Wildman–Crippen LogP) is 3.87. The molecule has 0 aliphatic rings. The van der Waals surface area contributed by atoms with Gasteiger partial charge in [-0.3, -0.25) is 4.79 Å². The number of nitriles is 1. The summed E-state index contributed by atoms with van der Waals surface area (Å²) >= 11 is 5.85. The Hall–Kier alpha value is -3.43. The van der Waals surface area contributed by atoms with Gasteiger partial charge in [-0.25, -0.2) is 9.97 Å². The maximum absolute atomic E-state index is 12.2. The van der Waals surface area contributed by atoms with E-state index in [0.717, 1.165) is 5.56 Å². The lowest BCUT2D eigenvalue weighted by Gasteiger charge is -2.07. The molecule has 1 aromatic heterocycles. The molecule has 0 bridgehead atoms. The lowest BCUT2D eigenvalue weighted by Crippen LogP contribution is -2.14. The molecule has 0 radical (unpaired) electrons. The fourth-order valence-electron chi connectivity index (χ4n) is 2.19. The lowest BCUT2D eigenvalue weighted by atomic mass is 10.2. The highest BCUT2D eigenvalue weighted by molar-refractivity contribution is 6.30. The van der Waals surface area contributed by atoms with E-state index in [2.05, 4.69) is 20.6 Å². The second-order valence-corrected chi connectivity index (χ2v) is 5.85. The van der Waals surface area contributed by atoms with Crippen LogP contribution < -0.4 is 10.6 Å². The van der Waals surface area contributed by atoms with Gasteiger partial charge in [-0.15, -0.1) is 0 Å². The van der Waals surface area contributed by atoms with Crippen LogP contribution in [-0.2, 0) is 6.54 Å². The summed E-state index contributed by atoms with van der Waals surface area (Å²) in [5.74, 6) is 0.166. The van der Waals surface area contributed by atoms with Crippen molar-refractivity contribution in [2.24, 2.45) is 0 Å². The van der Waals surface area contributed by atoms with Gasteiger partial charge in [0.15, 0.2) is 0 Å². The molecule has 0 saturated carbocycles. The largest absolute Gasteiger partial charge is 0.365 e. The van der Waals surface area contributed by atoms with Crippen LogP contribution in [0.1, 0.15) is 21.6 Å². The number of rotatable bonds is 5. The molecule has 0 spiro atoms. The number of carbonyl (C=O) groups is 1. The molecular weight excluding hydrogens is 350 g/mol. The summed E-state index contributed by atoms with van der Waals surface area (Å²) in [6, 6.07) is 16.1. The average Bonchev–Trinajstić information content (AvgIpc) is 2.68. The number of carbonyl (C=O) groups excluding carboxylic acids is 1. The van der Waals surface area contributed by atoms with Gasteiger partial charge in [0, 0.05) is 17.3 Å². The zero-order chi connectivity index (χ0) is 18.4. The predicted molar refractivity (Wildman–Crippen MR) is 99.9 cm³/mol. The van der Waals surface area contributed by atoms with Gasteiger partial charge < -0.3 is 10.6 Å². The Kier molecular flexibility index (Phi) is 5.42. The molecular formula is C19H14ClN5O. The molecule has 0 atom stereocenters. The second kappa shape index (κ2) is 8.10. The quantitative estimate of drug-likeness (QED) is 0.718. The normalized spacial score (nSPS) is 10.0. The highest BCUT2D eigenvalue weighted by Crippen LogP contribution is 2.13. The Morgan fingerprint density at radius 3 is 2.62 bits per heavy atom. The van der Waals surface area contributed by atoms with Crippen molar-refractivity contribution in [1.82, 2.24) is 9.97 Å². The van der Waals surface area contributed by atoms with Crippen LogP contribution >= 0.6 is 11.6 Å². The number of nitrogens with one attached hydrogen (secondary N) is 2. The van der Waals surface area contributed by atoms with E-state index in [1.807, 2.05) is 30.3 Å². The van der Waals surface area contributed by atoms with E-state index in [-0.39, 0.29) is 5.69 Å². The summed E-state index contributed by atoms with van der Waals surface area (Å²) in [6.45, 7) is 0.568. The number of aromatic nitrogens is 2. The van der Waals surface area contributed by atoms with Gasteiger partial charge in [0.05, 0.1) is 24.0 Å². The molecule has 0 aliphatic heterocycles. The summed E-state index contributed by atoms with van der Waals surface area (Å²) in [4.78, 5) is 20.5. The molecule has 0 aliphatic carbocycles. The minimum Gasteiger partial charge on any atom is -0.365 e. The van der Waals surface area contributed by atoms with Crippen molar-refractivity contribution in [2.75, 3.05) is 10.6 Å². The summed E-state index contributed by atoms with van der Waals surface area (Å²) in [5, 5.41) is 15.4.